The molecule has 7 nitrogen and oxygen atoms in total. The Morgan fingerprint density at radius 2 is 2.03 bits per heavy atom. The van der Waals surface area contributed by atoms with Gasteiger partial charge < -0.3 is 15.3 Å². The molecule has 0 bridgehead atoms. The standard InChI is InChI=1S/C28H31FN2O5/c1-3-17-14-19-26(28(36)31(2)27(19)35)20(15-32)25(17)24(34)10-8-18(22-6-4-5-11-30-22)12-16-7-9-23(33)21(29)13-16/h4-7,9,11-13,19-20,24,26,32-34H,3,8,10,14-15H2,1-2H3/b18-12-/t19-,20+,24-,26-/m1/s1. The Balaban J connectivity index is 1.63. The van der Waals surface area contributed by atoms with E-state index in [9.17, 15) is 29.3 Å². The third kappa shape index (κ3) is 4.83. The number of carbonyl (C=O) groups is 2. The molecule has 2 aliphatic rings. The predicted molar refractivity (Wildman–Crippen MR) is 133 cm³/mol. The van der Waals surface area contributed by atoms with Gasteiger partial charge in [-0.1, -0.05) is 24.6 Å². The second-order valence-corrected chi connectivity index (χ2v) is 9.42. The van der Waals surface area contributed by atoms with Crippen molar-refractivity contribution in [3.8, 4) is 5.75 Å². The first-order valence-electron chi connectivity index (χ1n) is 12.2. The van der Waals surface area contributed by atoms with Gasteiger partial charge in [0, 0.05) is 19.2 Å². The van der Waals surface area contributed by atoms with Crippen LogP contribution < -0.4 is 0 Å². The highest BCUT2D eigenvalue weighted by Gasteiger charge is 2.53. The molecular weight excluding hydrogens is 463 g/mol. The quantitative estimate of drug-likeness (QED) is 0.382. The number of carbonyl (C=O) groups excluding carboxylic acids is 2. The van der Waals surface area contributed by atoms with Gasteiger partial charge in [0.2, 0.25) is 11.8 Å². The molecule has 2 heterocycles. The van der Waals surface area contributed by atoms with Crippen LogP contribution >= 0.6 is 0 Å². The molecule has 4 atom stereocenters. The van der Waals surface area contributed by atoms with E-state index in [2.05, 4.69) is 4.98 Å². The number of benzene rings is 1. The number of likely N-dealkylation sites (tertiary alicyclic amines) is 1. The average molecular weight is 495 g/mol. The second-order valence-electron chi connectivity index (χ2n) is 9.42. The zero-order valence-corrected chi connectivity index (χ0v) is 20.4. The number of imide groups is 1. The van der Waals surface area contributed by atoms with Crippen LogP contribution in [0.4, 0.5) is 4.39 Å². The van der Waals surface area contributed by atoms with Crippen molar-refractivity contribution in [2.75, 3.05) is 13.7 Å². The maximum Gasteiger partial charge on any atom is 0.233 e. The van der Waals surface area contributed by atoms with Crippen LogP contribution in [0, 0.1) is 23.6 Å². The number of aromatic nitrogens is 1. The maximum atomic E-state index is 13.9. The highest BCUT2D eigenvalue weighted by Crippen LogP contribution is 2.46. The van der Waals surface area contributed by atoms with Gasteiger partial charge >= 0.3 is 0 Å². The van der Waals surface area contributed by atoms with Crippen molar-refractivity contribution in [1.29, 1.82) is 0 Å². The molecule has 0 unspecified atom stereocenters. The number of allylic oxidation sites excluding steroid dienone is 2. The van der Waals surface area contributed by atoms with Crippen molar-refractivity contribution in [3.63, 3.8) is 0 Å². The maximum absolute atomic E-state index is 13.9. The second kappa shape index (κ2) is 10.7. The molecular formula is C28H31FN2O5. The van der Waals surface area contributed by atoms with E-state index in [1.807, 2.05) is 19.1 Å². The lowest BCUT2D eigenvalue weighted by molar-refractivity contribution is -0.138. The number of hydrogen-bond donors (Lipinski definition) is 3. The summed E-state index contributed by atoms with van der Waals surface area (Å²) in [5.74, 6) is -3.50. The molecule has 8 heteroatoms. The van der Waals surface area contributed by atoms with Crippen LogP contribution in [0.25, 0.3) is 11.6 Å². The fourth-order valence-electron chi connectivity index (χ4n) is 5.54. The number of aliphatic hydroxyl groups is 2. The molecule has 0 spiro atoms. The summed E-state index contributed by atoms with van der Waals surface area (Å²) in [7, 11) is 1.47. The summed E-state index contributed by atoms with van der Waals surface area (Å²) in [6.45, 7) is 1.61. The summed E-state index contributed by atoms with van der Waals surface area (Å²) in [6, 6.07) is 9.56. The Morgan fingerprint density at radius 3 is 2.67 bits per heavy atom. The van der Waals surface area contributed by atoms with Crippen LogP contribution in [0.3, 0.4) is 0 Å². The third-order valence-electron chi connectivity index (χ3n) is 7.38. The van der Waals surface area contributed by atoms with E-state index in [-0.39, 0.29) is 24.8 Å². The Hall–Kier alpha value is -3.36. The van der Waals surface area contributed by atoms with E-state index in [0.29, 0.717) is 36.1 Å². The number of nitrogens with zero attached hydrogens (tertiary/aromatic N) is 2. The predicted octanol–water partition coefficient (Wildman–Crippen LogP) is 3.56. The van der Waals surface area contributed by atoms with Gasteiger partial charge in [0.15, 0.2) is 11.6 Å². The fraction of sp³-hybridized carbons (Fsp3) is 0.393. The molecule has 1 saturated heterocycles. The van der Waals surface area contributed by atoms with Crippen LogP contribution in [0.5, 0.6) is 5.75 Å². The lowest BCUT2D eigenvalue weighted by Gasteiger charge is -2.36. The highest BCUT2D eigenvalue weighted by molar-refractivity contribution is 6.05. The summed E-state index contributed by atoms with van der Waals surface area (Å²) in [5.41, 5.74) is 3.53. The summed E-state index contributed by atoms with van der Waals surface area (Å²) < 4.78 is 13.9. The number of rotatable bonds is 8. The van der Waals surface area contributed by atoms with Crippen molar-refractivity contribution >= 4 is 23.5 Å². The lowest BCUT2D eigenvalue weighted by atomic mass is 9.67. The minimum atomic E-state index is -0.935. The number of phenolic OH excluding ortho intramolecular Hbond substituents is 1. The molecule has 0 saturated carbocycles. The van der Waals surface area contributed by atoms with Gasteiger partial charge in [-0.05, 0) is 72.7 Å². The molecule has 3 N–H and O–H groups in total. The van der Waals surface area contributed by atoms with Gasteiger partial charge in [-0.2, -0.15) is 0 Å². The number of hydrogen-bond acceptors (Lipinski definition) is 6. The van der Waals surface area contributed by atoms with Crippen molar-refractivity contribution in [1.82, 2.24) is 9.88 Å². The highest BCUT2D eigenvalue weighted by atomic mass is 19.1. The molecule has 2 amide bonds. The van der Waals surface area contributed by atoms with Crippen molar-refractivity contribution in [2.24, 2.45) is 17.8 Å². The largest absolute Gasteiger partial charge is 0.505 e. The van der Waals surface area contributed by atoms with E-state index in [1.165, 1.54) is 19.2 Å². The lowest BCUT2D eigenvalue weighted by Crippen LogP contribution is -2.38. The number of halogens is 1. The van der Waals surface area contributed by atoms with Crippen LogP contribution in [-0.2, 0) is 9.59 Å². The monoisotopic (exact) mass is 494 g/mol. The Morgan fingerprint density at radius 1 is 1.25 bits per heavy atom. The van der Waals surface area contributed by atoms with Gasteiger partial charge in [-0.15, -0.1) is 0 Å². The molecule has 1 aliphatic heterocycles. The van der Waals surface area contributed by atoms with Gasteiger partial charge in [0.25, 0.3) is 0 Å². The number of fused-ring (bicyclic) bond motifs is 1. The van der Waals surface area contributed by atoms with Gasteiger partial charge in [0.1, 0.15) is 0 Å². The first-order chi connectivity index (χ1) is 17.3. The van der Waals surface area contributed by atoms with E-state index in [1.54, 1.807) is 24.4 Å². The van der Waals surface area contributed by atoms with Gasteiger partial charge in [0.05, 0.1) is 30.2 Å². The Kier molecular flexibility index (Phi) is 7.66. The Labute approximate surface area is 209 Å². The fourth-order valence-corrected chi connectivity index (χ4v) is 5.54. The molecule has 1 fully saturated rings. The Bertz CT molecular complexity index is 1210. The van der Waals surface area contributed by atoms with E-state index in [0.717, 1.165) is 16.0 Å². The smallest absolute Gasteiger partial charge is 0.233 e. The van der Waals surface area contributed by atoms with Crippen LogP contribution in [-0.4, -0.2) is 56.8 Å². The summed E-state index contributed by atoms with van der Waals surface area (Å²) >= 11 is 0. The normalized spacial score (nSPS) is 23.3. The molecule has 36 heavy (non-hydrogen) atoms. The summed E-state index contributed by atoms with van der Waals surface area (Å²) in [5, 5.41) is 31.1. The van der Waals surface area contributed by atoms with Crippen molar-refractivity contribution in [2.45, 2.75) is 38.7 Å². The van der Waals surface area contributed by atoms with Crippen LogP contribution in [0.2, 0.25) is 0 Å². The average Bonchev–Trinajstić information content (AvgIpc) is 3.11. The molecule has 4 rings (SSSR count). The minimum Gasteiger partial charge on any atom is -0.505 e. The first kappa shape index (κ1) is 25.7. The number of aromatic hydroxyl groups is 1. The SMILES string of the molecule is CCC1=C([C@H](O)CC/C(=C/c2ccc(O)c(F)c2)c2ccccn2)[C@H](CO)[C@@H]2C(=O)N(C)C(=O)[C@@H]2C1. The number of aliphatic hydroxyl groups excluding tert-OH is 2. The molecule has 0 radical (unpaired) electrons. The van der Waals surface area contributed by atoms with Crippen LogP contribution in [0.1, 0.15) is 43.9 Å². The number of pyridine rings is 1. The van der Waals surface area contributed by atoms with Gasteiger partial charge in [-0.3, -0.25) is 19.5 Å². The topological polar surface area (TPSA) is 111 Å². The molecule has 1 aromatic heterocycles. The summed E-state index contributed by atoms with van der Waals surface area (Å²) in [4.78, 5) is 31.0. The molecule has 1 aromatic carbocycles. The molecule has 1 aliphatic carbocycles. The third-order valence-corrected chi connectivity index (χ3v) is 7.38. The zero-order valence-electron chi connectivity index (χ0n) is 20.4. The van der Waals surface area contributed by atoms with Crippen molar-refractivity contribution < 1.29 is 29.3 Å². The summed E-state index contributed by atoms with van der Waals surface area (Å²) in [6.07, 6.45) is 4.16. The van der Waals surface area contributed by atoms with Gasteiger partial charge in [-0.25, -0.2) is 4.39 Å². The minimum absolute atomic E-state index is 0.232. The number of amides is 2. The zero-order chi connectivity index (χ0) is 26.0. The van der Waals surface area contributed by atoms with Crippen LogP contribution in [0.15, 0.2) is 53.7 Å². The van der Waals surface area contributed by atoms with E-state index < -0.39 is 35.4 Å². The van der Waals surface area contributed by atoms with E-state index in [4.69, 9.17) is 0 Å². The molecule has 2 aromatic rings. The first-order valence-corrected chi connectivity index (χ1v) is 12.2. The number of phenols is 1. The van der Waals surface area contributed by atoms with E-state index >= 15 is 0 Å². The molecule has 190 valence electrons. The van der Waals surface area contributed by atoms with Crippen molar-refractivity contribution in [3.05, 3.63) is 70.8 Å².